The number of carboxylic acid groups (broad SMARTS) is 1. The van der Waals surface area contributed by atoms with E-state index in [0.717, 1.165) is 11.1 Å². The summed E-state index contributed by atoms with van der Waals surface area (Å²) in [6.45, 7) is 7.32. The van der Waals surface area contributed by atoms with Crippen LogP contribution in [0.2, 0.25) is 0 Å². The smallest absolute Gasteiger partial charge is 0.341 e. The molecule has 1 heterocycles. The lowest BCUT2D eigenvalue weighted by atomic mass is 9.76. The monoisotopic (exact) mass is 365 g/mol. The van der Waals surface area contributed by atoms with Crippen LogP contribution in [0.5, 0.6) is 0 Å². The standard InChI is InChI=1S/C18H23NO5S/c1-9(2)24-18(23)12-5-6-25-16(12)19-15(20)13-7-10(3)11(4)8-14(13)17(21)22/h5-6,9,13-14H,7-8H2,1-4H3,(H,19,20)(H,21,22)/t13-,14+/m1/s1. The van der Waals surface area contributed by atoms with E-state index in [0.29, 0.717) is 17.8 Å². The molecule has 0 aromatic carbocycles. The molecule has 0 fully saturated rings. The van der Waals surface area contributed by atoms with Gasteiger partial charge in [-0.1, -0.05) is 11.1 Å². The minimum Gasteiger partial charge on any atom is -0.481 e. The Hall–Kier alpha value is -2.15. The predicted octanol–water partition coefficient (Wildman–Crippen LogP) is 3.70. The first-order chi connectivity index (χ1) is 11.7. The third-order valence-corrected chi connectivity index (χ3v) is 5.21. The van der Waals surface area contributed by atoms with Gasteiger partial charge < -0.3 is 15.2 Å². The SMILES string of the molecule is CC1=C(C)C[C@@H](C(=O)Nc2sccc2C(=O)OC(C)C)[C@@H](C(=O)O)C1. The molecule has 1 aromatic heterocycles. The minimum absolute atomic E-state index is 0.263. The van der Waals surface area contributed by atoms with E-state index < -0.39 is 23.8 Å². The molecule has 0 saturated heterocycles. The van der Waals surface area contributed by atoms with E-state index in [1.165, 1.54) is 11.3 Å². The third-order valence-electron chi connectivity index (χ3n) is 4.39. The van der Waals surface area contributed by atoms with Crippen LogP contribution in [-0.4, -0.2) is 29.1 Å². The highest BCUT2D eigenvalue weighted by Crippen LogP contribution is 2.36. The first kappa shape index (κ1) is 19.2. The van der Waals surface area contributed by atoms with E-state index in [2.05, 4.69) is 5.32 Å². The molecule has 25 heavy (non-hydrogen) atoms. The van der Waals surface area contributed by atoms with E-state index in [4.69, 9.17) is 4.74 Å². The minimum atomic E-state index is -0.974. The van der Waals surface area contributed by atoms with Crippen molar-refractivity contribution >= 4 is 34.2 Å². The maximum Gasteiger partial charge on any atom is 0.341 e. The lowest BCUT2D eigenvalue weighted by Gasteiger charge is -2.29. The molecule has 1 amide bonds. The van der Waals surface area contributed by atoms with Crippen molar-refractivity contribution in [3.63, 3.8) is 0 Å². The number of carbonyl (C=O) groups excluding carboxylic acids is 2. The summed E-state index contributed by atoms with van der Waals surface area (Å²) in [5.41, 5.74) is 2.36. The molecule has 0 saturated carbocycles. The molecule has 1 aliphatic carbocycles. The van der Waals surface area contributed by atoms with Crippen LogP contribution in [-0.2, 0) is 14.3 Å². The average molecular weight is 365 g/mol. The number of hydrogen-bond acceptors (Lipinski definition) is 5. The van der Waals surface area contributed by atoms with E-state index in [-0.39, 0.29) is 17.6 Å². The molecule has 2 atom stereocenters. The summed E-state index contributed by atoms with van der Waals surface area (Å²) >= 11 is 1.22. The average Bonchev–Trinajstić information content (AvgIpc) is 2.96. The van der Waals surface area contributed by atoms with Gasteiger partial charge in [0.2, 0.25) is 5.91 Å². The number of thiophene rings is 1. The zero-order chi connectivity index (χ0) is 18.7. The van der Waals surface area contributed by atoms with Gasteiger partial charge in [-0.3, -0.25) is 9.59 Å². The van der Waals surface area contributed by atoms with E-state index in [1.54, 1.807) is 25.3 Å². The fraction of sp³-hybridized carbons (Fsp3) is 0.500. The number of esters is 1. The first-order valence-corrected chi connectivity index (χ1v) is 9.06. The normalized spacial score (nSPS) is 20.5. The number of amides is 1. The number of carbonyl (C=O) groups is 3. The Morgan fingerprint density at radius 1 is 1.20 bits per heavy atom. The Morgan fingerprint density at radius 2 is 1.80 bits per heavy atom. The van der Waals surface area contributed by atoms with E-state index in [1.807, 2.05) is 13.8 Å². The number of nitrogens with one attached hydrogen (secondary N) is 1. The molecule has 0 aliphatic heterocycles. The van der Waals surface area contributed by atoms with E-state index in [9.17, 15) is 19.5 Å². The molecule has 1 aromatic rings. The van der Waals surface area contributed by atoms with Crippen molar-refractivity contribution in [3.8, 4) is 0 Å². The first-order valence-electron chi connectivity index (χ1n) is 8.18. The van der Waals surface area contributed by atoms with Gasteiger partial charge in [-0.2, -0.15) is 0 Å². The molecule has 7 heteroatoms. The number of anilines is 1. The zero-order valence-electron chi connectivity index (χ0n) is 14.8. The van der Waals surface area contributed by atoms with Gasteiger partial charge in [-0.25, -0.2) is 4.79 Å². The van der Waals surface area contributed by atoms with Crippen molar-refractivity contribution in [2.45, 2.75) is 46.6 Å². The Morgan fingerprint density at radius 3 is 2.36 bits per heavy atom. The summed E-state index contributed by atoms with van der Waals surface area (Å²) in [5, 5.41) is 14.3. The molecule has 6 nitrogen and oxygen atoms in total. The van der Waals surface area contributed by atoms with Crippen LogP contribution in [0.25, 0.3) is 0 Å². The second-order valence-corrected chi connectivity index (χ2v) is 7.54. The summed E-state index contributed by atoms with van der Waals surface area (Å²) in [7, 11) is 0. The Kier molecular flexibility index (Phi) is 6.00. The lowest BCUT2D eigenvalue weighted by Crippen LogP contribution is -2.36. The van der Waals surface area contributed by atoms with Crippen LogP contribution in [0.1, 0.15) is 50.9 Å². The highest BCUT2D eigenvalue weighted by molar-refractivity contribution is 7.14. The maximum absolute atomic E-state index is 12.7. The van der Waals surface area contributed by atoms with Crippen LogP contribution in [0, 0.1) is 11.8 Å². The second-order valence-electron chi connectivity index (χ2n) is 6.63. The van der Waals surface area contributed by atoms with Gasteiger partial charge in [0.05, 0.1) is 23.5 Å². The number of hydrogen-bond donors (Lipinski definition) is 2. The van der Waals surface area contributed by atoms with Crippen molar-refractivity contribution in [1.29, 1.82) is 0 Å². The topological polar surface area (TPSA) is 92.7 Å². The van der Waals surface area contributed by atoms with Crippen LogP contribution in [0.4, 0.5) is 5.00 Å². The lowest BCUT2D eigenvalue weighted by molar-refractivity contribution is -0.146. The maximum atomic E-state index is 12.7. The Balaban J connectivity index is 2.18. The number of ether oxygens (including phenoxy) is 1. The fourth-order valence-electron chi connectivity index (χ4n) is 2.88. The summed E-state index contributed by atoms with van der Waals surface area (Å²) in [4.78, 5) is 36.3. The van der Waals surface area contributed by atoms with Crippen LogP contribution in [0.3, 0.4) is 0 Å². The van der Waals surface area contributed by atoms with Gasteiger partial charge in [-0.05, 0) is 52.0 Å². The second kappa shape index (κ2) is 7.82. The van der Waals surface area contributed by atoms with Crippen LogP contribution < -0.4 is 5.32 Å². The molecule has 2 rings (SSSR count). The highest BCUT2D eigenvalue weighted by atomic mass is 32.1. The third kappa shape index (κ3) is 4.48. The van der Waals surface area contributed by atoms with Crippen LogP contribution >= 0.6 is 11.3 Å². The van der Waals surface area contributed by atoms with Crippen LogP contribution in [0.15, 0.2) is 22.6 Å². The van der Waals surface area contributed by atoms with Gasteiger partial charge in [0.1, 0.15) is 5.00 Å². The van der Waals surface area contributed by atoms with Gasteiger partial charge in [0, 0.05) is 0 Å². The van der Waals surface area contributed by atoms with Crippen molar-refractivity contribution in [1.82, 2.24) is 0 Å². The van der Waals surface area contributed by atoms with Crippen molar-refractivity contribution < 1.29 is 24.2 Å². The Bertz CT molecular complexity index is 719. The molecule has 2 N–H and O–H groups in total. The number of carboxylic acids is 1. The summed E-state index contributed by atoms with van der Waals surface area (Å²) in [5.74, 6) is -3.26. The van der Waals surface area contributed by atoms with Crippen molar-refractivity contribution in [3.05, 3.63) is 28.2 Å². The van der Waals surface area contributed by atoms with Gasteiger partial charge >= 0.3 is 11.9 Å². The Labute approximate surface area is 150 Å². The van der Waals surface area contributed by atoms with Crippen molar-refractivity contribution in [2.75, 3.05) is 5.32 Å². The predicted molar refractivity (Wildman–Crippen MR) is 95.7 cm³/mol. The number of allylic oxidation sites excluding steroid dienone is 2. The summed E-state index contributed by atoms with van der Waals surface area (Å²) < 4.78 is 5.17. The zero-order valence-corrected chi connectivity index (χ0v) is 15.6. The summed E-state index contributed by atoms with van der Waals surface area (Å²) in [6, 6.07) is 1.59. The molecule has 136 valence electrons. The van der Waals surface area contributed by atoms with Gasteiger partial charge in [0.15, 0.2) is 0 Å². The molecular weight excluding hydrogens is 342 g/mol. The molecular formula is C18H23NO5S. The van der Waals surface area contributed by atoms with Gasteiger partial charge in [-0.15, -0.1) is 11.3 Å². The quantitative estimate of drug-likeness (QED) is 0.613. The highest BCUT2D eigenvalue weighted by Gasteiger charge is 2.37. The van der Waals surface area contributed by atoms with Gasteiger partial charge in [0.25, 0.3) is 0 Å². The molecule has 0 spiro atoms. The largest absolute Gasteiger partial charge is 0.481 e. The number of rotatable bonds is 5. The molecule has 1 aliphatic rings. The molecule has 0 unspecified atom stereocenters. The number of aliphatic carboxylic acids is 1. The molecule has 0 radical (unpaired) electrons. The molecule has 0 bridgehead atoms. The summed E-state index contributed by atoms with van der Waals surface area (Å²) in [6.07, 6.45) is 0.513. The van der Waals surface area contributed by atoms with E-state index >= 15 is 0 Å². The van der Waals surface area contributed by atoms with Crippen molar-refractivity contribution in [2.24, 2.45) is 11.8 Å². The fourth-order valence-corrected chi connectivity index (χ4v) is 3.65.